The van der Waals surface area contributed by atoms with Crippen LogP contribution < -0.4 is 0 Å². The Labute approximate surface area is 111 Å². The SMILES string of the molecule is COC(=O)C(C)CC(=O)c1cncc2ccccc12. The molecule has 1 atom stereocenters. The lowest BCUT2D eigenvalue weighted by atomic mass is 9.97. The van der Waals surface area contributed by atoms with Crippen molar-refractivity contribution in [1.82, 2.24) is 4.98 Å². The molecule has 0 N–H and O–H groups in total. The summed E-state index contributed by atoms with van der Waals surface area (Å²) < 4.78 is 4.63. The highest BCUT2D eigenvalue weighted by molar-refractivity contribution is 6.08. The Balaban J connectivity index is 2.29. The fourth-order valence-corrected chi connectivity index (χ4v) is 2.01. The highest BCUT2D eigenvalue weighted by atomic mass is 16.5. The minimum atomic E-state index is -0.448. The molecule has 2 rings (SSSR count). The van der Waals surface area contributed by atoms with Gasteiger partial charge in [-0.3, -0.25) is 14.6 Å². The molecule has 1 aromatic carbocycles. The summed E-state index contributed by atoms with van der Waals surface area (Å²) in [6, 6.07) is 7.56. The summed E-state index contributed by atoms with van der Waals surface area (Å²) >= 11 is 0. The number of ketones is 1. The van der Waals surface area contributed by atoms with Crippen molar-refractivity contribution in [1.29, 1.82) is 0 Å². The number of pyridine rings is 1. The van der Waals surface area contributed by atoms with Gasteiger partial charge in [0.2, 0.25) is 0 Å². The van der Waals surface area contributed by atoms with Gasteiger partial charge < -0.3 is 4.74 Å². The molecule has 0 radical (unpaired) electrons. The second-order valence-electron chi connectivity index (χ2n) is 4.46. The van der Waals surface area contributed by atoms with Crippen LogP contribution in [0.25, 0.3) is 10.8 Å². The van der Waals surface area contributed by atoms with Gasteiger partial charge in [0, 0.05) is 29.8 Å². The number of hydrogen-bond donors (Lipinski definition) is 0. The van der Waals surface area contributed by atoms with E-state index in [9.17, 15) is 9.59 Å². The number of rotatable bonds is 4. The molecule has 19 heavy (non-hydrogen) atoms. The molecule has 0 saturated carbocycles. The van der Waals surface area contributed by atoms with Crippen molar-refractivity contribution >= 4 is 22.5 Å². The average molecular weight is 257 g/mol. The van der Waals surface area contributed by atoms with Gasteiger partial charge in [0.1, 0.15) is 0 Å². The maximum absolute atomic E-state index is 12.2. The third-order valence-electron chi connectivity index (χ3n) is 3.06. The van der Waals surface area contributed by atoms with E-state index in [0.29, 0.717) is 5.56 Å². The van der Waals surface area contributed by atoms with Crippen molar-refractivity contribution in [3.63, 3.8) is 0 Å². The molecule has 0 fully saturated rings. The zero-order valence-electron chi connectivity index (χ0n) is 10.9. The van der Waals surface area contributed by atoms with Crippen LogP contribution in [0.1, 0.15) is 23.7 Å². The second-order valence-corrected chi connectivity index (χ2v) is 4.46. The second kappa shape index (κ2) is 5.61. The van der Waals surface area contributed by atoms with Crippen LogP contribution in [0, 0.1) is 5.92 Å². The summed E-state index contributed by atoms with van der Waals surface area (Å²) in [4.78, 5) is 27.7. The molecule has 1 heterocycles. The van der Waals surface area contributed by atoms with Crippen LogP contribution in [-0.2, 0) is 9.53 Å². The molecule has 4 nitrogen and oxygen atoms in total. The van der Waals surface area contributed by atoms with E-state index in [0.717, 1.165) is 10.8 Å². The Bertz CT molecular complexity index is 616. The summed E-state index contributed by atoms with van der Waals surface area (Å²) in [6.07, 6.45) is 3.40. The molecule has 0 saturated heterocycles. The van der Waals surface area contributed by atoms with Gasteiger partial charge in [0.05, 0.1) is 13.0 Å². The Hall–Kier alpha value is -2.23. The predicted octanol–water partition coefficient (Wildman–Crippen LogP) is 2.62. The van der Waals surface area contributed by atoms with E-state index in [4.69, 9.17) is 0 Å². The van der Waals surface area contributed by atoms with Crippen LogP contribution >= 0.6 is 0 Å². The monoisotopic (exact) mass is 257 g/mol. The van der Waals surface area contributed by atoms with Crippen molar-refractivity contribution in [3.05, 3.63) is 42.2 Å². The molecule has 0 spiro atoms. The van der Waals surface area contributed by atoms with Gasteiger partial charge in [-0.25, -0.2) is 0 Å². The Morgan fingerprint density at radius 1 is 1.26 bits per heavy atom. The van der Waals surface area contributed by atoms with E-state index in [1.54, 1.807) is 19.3 Å². The normalized spacial score (nSPS) is 12.1. The van der Waals surface area contributed by atoms with E-state index in [1.807, 2.05) is 24.3 Å². The van der Waals surface area contributed by atoms with Crippen LogP contribution in [-0.4, -0.2) is 23.8 Å². The number of fused-ring (bicyclic) bond motifs is 1. The van der Waals surface area contributed by atoms with Crippen molar-refractivity contribution in [2.75, 3.05) is 7.11 Å². The number of carbonyl (C=O) groups is 2. The molecule has 0 amide bonds. The van der Waals surface area contributed by atoms with E-state index >= 15 is 0 Å². The molecular weight excluding hydrogens is 242 g/mol. The molecular formula is C15H15NO3. The van der Waals surface area contributed by atoms with Gasteiger partial charge in [-0.2, -0.15) is 0 Å². The lowest BCUT2D eigenvalue weighted by Gasteiger charge is -2.09. The third kappa shape index (κ3) is 2.78. The molecule has 1 unspecified atom stereocenters. The van der Waals surface area contributed by atoms with Crippen molar-refractivity contribution in [2.45, 2.75) is 13.3 Å². The molecule has 4 heteroatoms. The van der Waals surface area contributed by atoms with Crippen molar-refractivity contribution in [3.8, 4) is 0 Å². The lowest BCUT2D eigenvalue weighted by molar-refractivity contribution is -0.144. The zero-order chi connectivity index (χ0) is 13.8. The highest BCUT2D eigenvalue weighted by Crippen LogP contribution is 2.20. The van der Waals surface area contributed by atoms with Crippen LogP contribution in [0.4, 0.5) is 0 Å². The first-order valence-corrected chi connectivity index (χ1v) is 6.07. The molecule has 0 aliphatic rings. The van der Waals surface area contributed by atoms with Crippen LogP contribution in [0.2, 0.25) is 0 Å². The number of esters is 1. The number of aromatic nitrogens is 1. The molecule has 98 valence electrons. The summed E-state index contributed by atoms with van der Waals surface area (Å²) in [7, 11) is 1.32. The molecule has 2 aromatic rings. The summed E-state index contributed by atoms with van der Waals surface area (Å²) in [5.41, 5.74) is 0.550. The largest absolute Gasteiger partial charge is 0.469 e. The Kier molecular flexibility index (Phi) is 3.90. The quantitative estimate of drug-likeness (QED) is 0.624. The highest BCUT2D eigenvalue weighted by Gasteiger charge is 2.19. The van der Waals surface area contributed by atoms with E-state index in [1.165, 1.54) is 7.11 Å². The topological polar surface area (TPSA) is 56.3 Å². The number of benzene rings is 1. The number of carbonyl (C=O) groups excluding carboxylic acids is 2. The fraction of sp³-hybridized carbons (Fsp3) is 0.267. The number of hydrogen-bond acceptors (Lipinski definition) is 4. The Morgan fingerprint density at radius 2 is 2.00 bits per heavy atom. The molecule has 0 aliphatic carbocycles. The standard InChI is InChI=1S/C15H15NO3/c1-10(15(18)19-2)7-14(17)13-9-16-8-11-5-3-4-6-12(11)13/h3-6,8-10H,7H2,1-2H3. The first kappa shape index (κ1) is 13.2. The summed E-state index contributed by atoms with van der Waals surface area (Å²) in [5.74, 6) is -0.916. The van der Waals surface area contributed by atoms with E-state index in [-0.39, 0.29) is 18.2 Å². The first-order chi connectivity index (χ1) is 9.13. The van der Waals surface area contributed by atoms with E-state index in [2.05, 4.69) is 9.72 Å². The first-order valence-electron chi connectivity index (χ1n) is 6.07. The number of Topliss-reactive ketones (excluding diaryl/α,β-unsaturated/α-hetero) is 1. The zero-order valence-corrected chi connectivity index (χ0v) is 10.9. The molecule has 1 aromatic heterocycles. The van der Waals surface area contributed by atoms with Gasteiger partial charge in [-0.15, -0.1) is 0 Å². The van der Waals surface area contributed by atoms with Gasteiger partial charge in [0.25, 0.3) is 0 Å². The number of ether oxygens (including phenoxy) is 1. The Morgan fingerprint density at radius 3 is 2.74 bits per heavy atom. The van der Waals surface area contributed by atoms with Gasteiger partial charge >= 0.3 is 5.97 Å². The van der Waals surface area contributed by atoms with Gasteiger partial charge in [-0.1, -0.05) is 31.2 Å². The van der Waals surface area contributed by atoms with Gasteiger partial charge in [0.15, 0.2) is 5.78 Å². The van der Waals surface area contributed by atoms with Crippen molar-refractivity contribution < 1.29 is 14.3 Å². The molecule has 0 bridgehead atoms. The van der Waals surface area contributed by atoms with E-state index < -0.39 is 5.92 Å². The molecule has 0 aliphatic heterocycles. The summed E-state index contributed by atoms with van der Waals surface area (Å²) in [6.45, 7) is 1.68. The average Bonchev–Trinajstić information content (AvgIpc) is 2.45. The maximum Gasteiger partial charge on any atom is 0.308 e. The van der Waals surface area contributed by atoms with Crippen LogP contribution in [0.5, 0.6) is 0 Å². The van der Waals surface area contributed by atoms with Crippen LogP contribution in [0.15, 0.2) is 36.7 Å². The minimum absolute atomic E-state index is 0.0952. The predicted molar refractivity (Wildman–Crippen MR) is 71.9 cm³/mol. The van der Waals surface area contributed by atoms with Crippen molar-refractivity contribution in [2.24, 2.45) is 5.92 Å². The fourth-order valence-electron chi connectivity index (χ4n) is 2.01. The van der Waals surface area contributed by atoms with Gasteiger partial charge in [-0.05, 0) is 5.39 Å². The maximum atomic E-state index is 12.2. The third-order valence-corrected chi connectivity index (χ3v) is 3.06. The number of nitrogens with zero attached hydrogens (tertiary/aromatic N) is 1. The minimum Gasteiger partial charge on any atom is -0.469 e. The lowest BCUT2D eigenvalue weighted by Crippen LogP contribution is -2.17. The van der Waals surface area contributed by atoms with Crippen LogP contribution in [0.3, 0.4) is 0 Å². The summed E-state index contributed by atoms with van der Waals surface area (Å²) in [5, 5.41) is 1.78. The number of methoxy groups -OCH3 is 1. The smallest absolute Gasteiger partial charge is 0.308 e.